The van der Waals surface area contributed by atoms with Gasteiger partial charge in [-0.25, -0.2) is 9.97 Å². The van der Waals surface area contributed by atoms with E-state index in [1.54, 1.807) is 24.3 Å². The monoisotopic (exact) mass is 517 g/mol. The summed E-state index contributed by atoms with van der Waals surface area (Å²) in [5, 5.41) is 5.97. The number of halogens is 3. The van der Waals surface area contributed by atoms with Crippen LogP contribution in [0.3, 0.4) is 0 Å². The molecule has 0 fully saturated rings. The van der Waals surface area contributed by atoms with Gasteiger partial charge >= 0.3 is 6.18 Å². The van der Waals surface area contributed by atoms with Crippen molar-refractivity contribution >= 4 is 28.6 Å². The van der Waals surface area contributed by atoms with Gasteiger partial charge in [-0.15, -0.1) is 0 Å². The molecule has 3 aromatic carbocycles. The number of ether oxygens (including phenoxy) is 1. The topological polar surface area (TPSA) is 91.9 Å². The van der Waals surface area contributed by atoms with E-state index in [0.29, 0.717) is 23.7 Å². The van der Waals surface area contributed by atoms with Gasteiger partial charge in [-0.05, 0) is 72.6 Å². The number of para-hydroxylation sites is 2. The lowest BCUT2D eigenvalue weighted by Crippen LogP contribution is -2.26. The third-order valence-electron chi connectivity index (χ3n) is 5.72. The lowest BCUT2D eigenvalue weighted by Gasteiger charge is -2.11. The van der Waals surface area contributed by atoms with Crippen LogP contribution in [0, 0.1) is 0 Å². The summed E-state index contributed by atoms with van der Waals surface area (Å²) in [6.45, 7) is 0.237. The minimum Gasteiger partial charge on any atom is -0.438 e. The molecule has 0 atom stereocenters. The van der Waals surface area contributed by atoms with Crippen molar-refractivity contribution in [1.29, 1.82) is 0 Å². The Bertz CT molecular complexity index is 1510. The third-order valence-corrected chi connectivity index (χ3v) is 5.72. The number of fused-ring (bicyclic) bond motifs is 1. The first-order valence-electron chi connectivity index (χ1n) is 11.7. The molecule has 0 radical (unpaired) electrons. The van der Waals surface area contributed by atoms with Crippen LogP contribution in [-0.4, -0.2) is 27.4 Å². The van der Waals surface area contributed by atoms with Gasteiger partial charge < -0.3 is 20.4 Å². The van der Waals surface area contributed by atoms with Crippen molar-refractivity contribution in [2.45, 2.75) is 12.6 Å². The van der Waals surface area contributed by atoms with Crippen molar-refractivity contribution in [2.75, 3.05) is 11.9 Å². The molecule has 10 heteroatoms. The molecule has 0 unspecified atom stereocenters. The highest BCUT2D eigenvalue weighted by Gasteiger charge is 2.29. The number of nitrogens with one attached hydrogen (secondary N) is 3. The van der Waals surface area contributed by atoms with E-state index in [4.69, 9.17) is 4.74 Å². The first kappa shape index (κ1) is 24.8. The van der Waals surface area contributed by atoms with Gasteiger partial charge in [-0.1, -0.05) is 24.3 Å². The van der Waals surface area contributed by atoms with Crippen LogP contribution < -0.4 is 15.4 Å². The fraction of sp³-hybridized carbons (Fsp3) is 0.107. The Morgan fingerprint density at radius 3 is 2.42 bits per heavy atom. The fourth-order valence-corrected chi connectivity index (χ4v) is 3.79. The highest BCUT2D eigenvalue weighted by atomic mass is 19.4. The van der Waals surface area contributed by atoms with Gasteiger partial charge in [0, 0.05) is 18.4 Å². The summed E-state index contributed by atoms with van der Waals surface area (Å²) in [6.07, 6.45) is -2.49. The van der Waals surface area contributed by atoms with E-state index in [1.807, 2.05) is 36.4 Å². The molecule has 3 N–H and O–H groups in total. The number of anilines is 2. The van der Waals surface area contributed by atoms with Gasteiger partial charge in [0.2, 0.25) is 11.8 Å². The summed E-state index contributed by atoms with van der Waals surface area (Å²) in [6, 6.07) is 22.9. The Hall–Kier alpha value is -4.86. The number of imidazole rings is 1. The lowest BCUT2D eigenvalue weighted by molar-refractivity contribution is -0.137. The second-order valence-electron chi connectivity index (χ2n) is 8.41. The molecule has 0 aliphatic carbocycles. The van der Waals surface area contributed by atoms with Gasteiger partial charge in [0.1, 0.15) is 11.3 Å². The SMILES string of the molecule is O=C(NCCc1ccc(C(F)(F)F)cc1)c1cccnc1Oc1ccc(Nc2nc3ccccc3[nH]2)cc1. The van der Waals surface area contributed by atoms with E-state index in [1.165, 1.54) is 18.3 Å². The summed E-state index contributed by atoms with van der Waals surface area (Å²) in [7, 11) is 0. The van der Waals surface area contributed by atoms with Crippen LogP contribution in [0.15, 0.2) is 91.1 Å². The second-order valence-corrected chi connectivity index (χ2v) is 8.41. The Kier molecular flexibility index (Phi) is 6.94. The molecule has 0 aliphatic rings. The fourth-order valence-electron chi connectivity index (χ4n) is 3.79. The van der Waals surface area contributed by atoms with Crippen molar-refractivity contribution < 1.29 is 22.7 Å². The van der Waals surface area contributed by atoms with Crippen LogP contribution in [0.1, 0.15) is 21.5 Å². The number of aromatic amines is 1. The molecule has 7 nitrogen and oxygen atoms in total. The maximum absolute atomic E-state index is 12.8. The van der Waals surface area contributed by atoms with Gasteiger partial charge in [0.25, 0.3) is 5.91 Å². The number of hydrogen-bond acceptors (Lipinski definition) is 5. The number of pyridine rings is 1. The van der Waals surface area contributed by atoms with Gasteiger partial charge in [0.05, 0.1) is 16.6 Å². The standard InChI is InChI=1S/C28H22F3N5O2/c29-28(30,31)19-9-7-18(8-10-19)15-17-32-25(37)22-4-3-16-33-26(22)38-21-13-11-20(12-14-21)34-27-35-23-5-1-2-6-24(23)36-27/h1-14,16H,15,17H2,(H,32,37)(H2,34,35,36). The molecule has 0 spiro atoms. The molecule has 1 amide bonds. The lowest BCUT2D eigenvalue weighted by atomic mass is 10.1. The van der Waals surface area contributed by atoms with E-state index in [0.717, 1.165) is 28.9 Å². The largest absolute Gasteiger partial charge is 0.438 e. The number of alkyl halides is 3. The second kappa shape index (κ2) is 10.6. The molecule has 0 bridgehead atoms. The van der Waals surface area contributed by atoms with Gasteiger partial charge in [-0.3, -0.25) is 4.79 Å². The Morgan fingerprint density at radius 1 is 0.921 bits per heavy atom. The normalized spacial score (nSPS) is 11.3. The summed E-state index contributed by atoms with van der Waals surface area (Å²) in [4.78, 5) is 24.6. The summed E-state index contributed by atoms with van der Waals surface area (Å²) >= 11 is 0. The zero-order valence-corrected chi connectivity index (χ0v) is 19.9. The minimum absolute atomic E-state index is 0.137. The molecule has 0 saturated carbocycles. The van der Waals surface area contributed by atoms with E-state index < -0.39 is 17.6 Å². The quantitative estimate of drug-likeness (QED) is 0.219. The zero-order chi connectivity index (χ0) is 26.5. The average molecular weight is 518 g/mol. The van der Waals surface area contributed by atoms with Crippen LogP contribution in [0.4, 0.5) is 24.8 Å². The smallest absolute Gasteiger partial charge is 0.416 e. The predicted octanol–water partition coefficient (Wildman–Crippen LogP) is 6.49. The van der Waals surface area contributed by atoms with Crippen molar-refractivity contribution in [3.05, 3.63) is 108 Å². The molecule has 0 aliphatic heterocycles. The molecule has 0 saturated heterocycles. The average Bonchev–Trinajstić information content (AvgIpc) is 3.32. The van der Waals surface area contributed by atoms with E-state index >= 15 is 0 Å². The third kappa shape index (κ3) is 5.92. The molecular formula is C28H22F3N5O2. The van der Waals surface area contributed by atoms with Crippen molar-refractivity contribution in [3.8, 4) is 11.6 Å². The molecule has 2 heterocycles. The number of nitrogens with zero attached hydrogens (tertiary/aromatic N) is 2. The number of carbonyl (C=O) groups excluding carboxylic acids is 1. The minimum atomic E-state index is -4.38. The van der Waals surface area contributed by atoms with Crippen molar-refractivity contribution in [3.63, 3.8) is 0 Å². The van der Waals surface area contributed by atoms with Gasteiger partial charge in [0.15, 0.2) is 0 Å². The first-order chi connectivity index (χ1) is 18.3. The van der Waals surface area contributed by atoms with Gasteiger partial charge in [-0.2, -0.15) is 13.2 Å². The number of H-pyrrole nitrogens is 1. The highest BCUT2D eigenvalue weighted by Crippen LogP contribution is 2.29. The highest BCUT2D eigenvalue weighted by molar-refractivity contribution is 5.96. The molecular weight excluding hydrogens is 495 g/mol. The van der Waals surface area contributed by atoms with Crippen LogP contribution in [0.2, 0.25) is 0 Å². The summed E-state index contributed by atoms with van der Waals surface area (Å²) in [5.41, 5.74) is 2.78. The van der Waals surface area contributed by atoms with E-state index in [9.17, 15) is 18.0 Å². The van der Waals surface area contributed by atoms with Crippen LogP contribution >= 0.6 is 0 Å². The maximum Gasteiger partial charge on any atom is 0.416 e. The zero-order valence-electron chi connectivity index (χ0n) is 19.9. The predicted molar refractivity (Wildman–Crippen MR) is 138 cm³/mol. The maximum atomic E-state index is 12.8. The molecule has 5 aromatic rings. The summed E-state index contributed by atoms with van der Waals surface area (Å²) < 4.78 is 44.0. The molecule has 2 aromatic heterocycles. The Labute approximate surface area is 215 Å². The number of hydrogen-bond donors (Lipinski definition) is 3. The number of benzene rings is 3. The molecule has 38 heavy (non-hydrogen) atoms. The van der Waals surface area contributed by atoms with Crippen LogP contribution in [0.5, 0.6) is 11.6 Å². The van der Waals surface area contributed by atoms with E-state index in [-0.39, 0.29) is 18.0 Å². The first-order valence-corrected chi connectivity index (χ1v) is 11.7. The molecule has 5 rings (SSSR count). The number of amides is 1. The number of rotatable bonds is 8. The molecule has 192 valence electrons. The summed E-state index contributed by atoms with van der Waals surface area (Å²) in [5.74, 6) is 0.832. The van der Waals surface area contributed by atoms with Crippen LogP contribution in [-0.2, 0) is 12.6 Å². The van der Waals surface area contributed by atoms with Crippen molar-refractivity contribution in [1.82, 2.24) is 20.3 Å². The number of carbonyl (C=O) groups is 1. The van der Waals surface area contributed by atoms with Crippen LogP contribution in [0.25, 0.3) is 11.0 Å². The van der Waals surface area contributed by atoms with Crippen molar-refractivity contribution in [2.24, 2.45) is 0 Å². The number of aromatic nitrogens is 3. The Balaban J connectivity index is 1.18. The van der Waals surface area contributed by atoms with E-state index in [2.05, 4.69) is 25.6 Å². The Morgan fingerprint density at radius 2 is 1.68 bits per heavy atom.